The van der Waals surface area contributed by atoms with Crippen molar-refractivity contribution in [2.75, 3.05) is 0 Å². The van der Waals surface area contributed by atoms with Gasteiger partial charge in [-0.05, 0) is 32.9 Å². The molecule has 1 aromatic carbocycles. The third-order valence-electron chi connectivity index (χ3n) is 1.37. The molecule has 0 bridgehead atoms. The summed E-state index contributed by atoms with van der Waals surface area (Å²) in [4.78, 5) is 7.94. The van der Waals surface area contributed by atoms with Crippen molar-refractivity contribution in [2.24, 2.45) is 9.98 Å². The van der Waals surface area contributed by atoms with Crippen LogP contribution in [0.25, 0.3) is 0 Å². The number of halogens is 1. The first-order valence-electron chi connectivity index (χ1n) is 4.40. The summed E-state index contributed by atoms with van der Waals surface area (Å²) in [5.74, 6) is -0.302. The average Bonchev–Trinajstić information content (AvgIpc) is 2.01. The highest BCUT2D eigenvalue weighted by atomic mass is 19.1. The maximum Gasteiger partial charge on any atom is 0.125 e. The molecule has 1 rings (SSSR count). The largest absolute Gasteiger partial charge is 0.219 e. The lowest BCUT2D eigenvalue weighted by molar-refractivity contribution is 0.587. The second-order valence-electron chi connectivity index (χ2n) is 3.97. The average molecular weight is 192 g/mol. The van der Waals surface area contributed by atoms with E-state index in [2.05, 4.69) is 16.0 Å². The van der Waals surface area contributed by atoms with Gasteiger partial charge in [0.2, 0.25) is 0 Å². The zero-order valence-electron chi connectivity index (χ0n) is 8.58. The van der Waals surface area contributed by atoms with Gasteiger partial charge in [-0.25, -0.2) is 9.38 Å². The lowest BCUT2D eigenvalue weighted by atomic mass is 10.1. The molecule has 0 atom stereocenters. The molecule has 3 heteroatoms. The lowest BCUT2D eigenvalue weighted by Gasteiger charge is -2.06. The number of rotatable bonds is 1. The van der Waals surface area contributed by atoms with Gasteiger partial charge in [0.15, 0.2) is 0 Å². The van der Waals surface area contributed by atoms with Crippen LogP contribution in [-0.4, -0.2) is 11.5 Å². The predicted molar refractivity (Wildman–Crippen MR) is 55.7 cm³/mol. The number of hydrogen-bond donors (Lipinski definition) is 0. The van der Waals surface area contributed by atoms with Crippen molar-refractivity contribution >= 4 is 11.7 Å². The van der Waals surface area contributed by atoms with E-state index < -0.39 is 0 Å². The van der Waals surface area contributed by atoms with Crippen molar-refractivity contribution in [1.82, 2.24) is 0 Å². The maximum absolute atomic E-state index is 12.7. The van der Waals surface area contributed by atoms with Crippen LogP contribution >= 0.6 is 0 Å². The van der Waals surface area contributed by atoms with Crippen molar-refractivity contribution < 1.29 is 4.39 Å². The van der Waals surface area contributed by atoms with Crippen molar-refractivity contribution in [3.8, 4) is 0 Å². The van der Waals surface area contributed by atoms with Gasteiger partial charge >= 0.3 is 0 Å². The van der Waals surface area contributed by atoms with Crippen LogP contribution in [0.3, 0.4) is 0 Å². The van der Waals surface area contributed by atoms with E-state index in [9.17, 15) is 4.39 Å². The summed E-state index contributed by atoms with van der Waals surface area (Å²) >= 11 is 0. The molecule has 1 aromatic rings. The molecule has 2 nitrogen and oxygen atoms in total. The van der Waals surface area contributed by atoms with Gasteiger partial charge in [0, 0.05) is 6.07 Å². The maximum atomic E-state index is 12.7. The van der Waals surface area contributed by atoms with E-state index in [0.717, 1.165) is 0 Å². The summed E-state index contributed by atoms with van der Waals surface area (Å²) in [5, 5.41) is 0. The summed E-state index contributed by atoms with van der Waals surface area (Å²) < 4.78 is 12.7. The third-order valence-corrected chi connectivity index (χ3v) is 1.37. The molecule has 0 heterocycles. The Bertz CT molecular complexity index is 371. The number of benzene rings is 1. The topological polar surface area (TPSA) is 24.7 Å². The third kappa shape index (κ3) is 3.97. The van der Waals surface area contributed by atoms with Crippen LogP contribution in [0.1, 0.15) is 20.8 Å². The molecule has 0 radical (unpaired) electrons. The molecule has 0 N–H and O–H groups in total. The Morgan fingerprint density at radius 3 is 2.57 bits per heavy atom. The molecule has 0 spiro atoms. The fraction of sp³-hybridized carbons (Fsp3) is 0.364. The molecule has 0 aliphatic carbocycles. The van der Waals surface area contributed by atoms with Crippen molar-refractivity contribution in [2.45, 2.75) is 26.3 Å². The Hall–Kier alpha value is -1.47. The molecule has 0 amide bonds. The second-order valence-corrected chi connectivity index (χ2v) is 3.97. The van der Waals surface area contributed by atoms with Crippen molar-refractivity contribution in [3.63, 3.8) is 0 Å². The lowest BCUT2D eigenvalue weighted by Crippen LogP contribution is -2.07. The van der Waals surface area contributed by atoms with Gasteiger partial charge in [0.25, 0.3) is 0 Å². The minimum atomic E-state index is -0.302. The van der Waals surface area contributed by atoms with E-state index in [0.29, 0.717) is 5.69 Å². The van der Waals surface area contributed by atoms with Crippen LogP contribution in [0, 0.1) is 5.82 Å². The number of nitrogens with zero attached hydrogens (tertiary/aromatic N) is 2. The van der Waals surface area contributed by atoms with E-state index in [1.807, 2.05) is 20.8 Å². The molecular weight excluding hydrogens is 179 g/mol. The normalized spacial score (nSPS) is 10.6. The van der Waals surface area contributed by atoms with Gasteiger partial charge in [0.1, 0.15) is 5.82 Å². The Balaban J connectivity index is 2.84. The zero-order chi connectivity index (χ0) is 10.6. The highest BCUT2D eigenvalue weighted by Gasteiger charge is 2.04. The van der Waals surface area contributed by atoms with E-state index in [1.54, 1.807) is 12.1 Å². The van der Waals surface area contributed by atoms with Gasteiger partial charge in [0.05, 0.1) is 17.2 Å². The molecule has 0 unspecified atom stereocenters. The first-order valence-corrected chi connectivity index (χ1v) is 4.40. The van der Waals surface area contributed by atoms with E-state index in [-0.39, 0.29) is 11.4 Å². The Morgan fingerprint density at radius 1 is 1.29 bits per heavy atom. The monoisotopic (exact) mass is 192 g/mol. The van der Waals surface area contributed by atoms with E-state index in [4.69, 9.17) is 0 Å². The summed E-state index contributed by atoms with van der Waals surface area (Å²) in [6.45, 7) is 5.84. The summed E-state index contributed by atoms with van der Waals surface area (Å²) in [7, 11) is 0. The fourth-order valence-electron chi connectivity index (χ4n) is 0.778. The van der Waals surface area contributed by atoms with Gasteiger partial charge in [-0.2, -0.15) is 4.99 Å². The van der Waals surface area contributed by atoms with Crippen LogP contribution in [0.5, 0.6) is 0 Å². The first-order chi connectivity index (χ1) is 6.47. The van der Waals surface area contributed by atoms with Crippen LogP contribution < -0.4 is 0 Å². The first kappa shape index (κ1) is 10.6. The molecule has 74 valence electrons. The molecule has 14 heavy (non-hydrogen) atoms. The fourth-order valence-corrected chi connectivity index (χ4v) is 0.778. The van der Waals surface area contributed by atoms with Gasteiger partial charge in [-0.1, -0.05) is 6.07 Å². The van der Waals surface area contributed by atoms with Gasteiger partial charge in [-0.3, -0.25) is 0 Å². The van der Waals surface area contributed by atoms with Crippen LogP contribution in [0.4, 0.5) is 10.1 Å². The summed E-state index contributed by atoms with van der Waals surface area (Å²) in [6, 6.07) is 8.57. The molecule has 0 aliphatic heterocycles. The Morgan fingerprint density at radius 2 is 2.00 bits per heavy atom. The molecule has 0 aliphatic rings. The molecule has 0 fully saturated rings. The van der Waals surface area contributed by atoms with E-state index >= 15 is 0 Å². The zero-order valence-corrected chi connectivity index (χ0v) is 8.58. The van der Waals surface area contributed by atoms with Crippen molar-refractivity contribution in [1.29, 1.82) is 0 Å². The smallest absolute Gasteiger partial charge is 0.125 e. The van der Waals surface area contributed by atoms with Crippen LogP contribution in [0.2, 0.25) is 0 Å². The van der Waals surface area contributed by atoms with Crippen LogP contribution in [-0.2, 0) is 0 Å². The van der Waals surface area contributed by atoms with Crippen molar-refractivity contribution in [3.05, 3.63) is 30.1 Å². The Kier molecular flexibility index (Phi) is 3.15. The number of aliphatic imine (C=N–C) groups is 2. The van der Waals surface area contributed by atoms with Crippen LogP contribution in [0.15, 0.2) is 34.3 Å². The predicted octanol–water partition coefficient (Wildman–Crippen LogP) is 3.43. The SMILES string of the molecule is CC(C)(C)N=C=Nc1cccc(F)c1. The highest BCUT2D eigenvalue weighted by molar-refractivity contribution is 5.52. The minimum absolute atomic E-state index is 0.198. The second kappa shape index (κ2) is 4.16. The number of hydrogen-bond acceptors (Lipinski definition) is 2. The summed E-state index contributed by atoms with van der Waals surface area (Å²) in [5.41, 5.74) is 0.328. The van der Waals surface area contributed by atoms with Gasteiger partial charge < -0.3 is 0 Å². The minimum Gasteiger partial charge on any atom is -0.219 e. The molecule has 0 aromatic heterocycles. The molecule has 0 saturated carbocycles. The Labute approximate surface area is 83.2 Å². The highest BCUT2D eigenvalue weighted by Crippen LogP contribution is 2.12. The quantitative estimate of drug-likeness (QED) is 0.609. The standard InChI is InChI=1S/C11H13FN2/c1-11(2,3)14-8-13-10-6-4-5-9(12)7-10/h4-7H,1-3H3. The molecule has 0 saturated heterocycles. The van der Waals surface area contributed by atoms with Gasteiger partial charge in [-0.15, -0.1) is 0 Å². The van der Waals surface area contributed by atoms with E-state index in [1.165, 1.54) is 12.1 Å². The summed E-state index contributed by atoms with van der Waals surface area (Å²) in [6.07, 6.45) is 0. The molecular formula is C11H13FN2.